The summed E-state index contributed by atoms with van der Waals surface area (Å²) in [7, 11) is -3.97. The van der Waals surface area contributed by atoms with E-state index < -0.39 is 21.7 Å². The Morgan fingerprint density at radius 1 is 1.00 bits per heavy atom. The summed E-state index contributed by atoms with van der Waals surface area (Å²) in [5.41, 5.74) is 2.51. The van der Waals surface area contributed by atoms with Crippen LogP contribution in [0.15, 0.2) is 83.2 Å². The van der Waals surface area contributed by atoms with Gasteiger partial charge in [0.25, 0.3) is 15.9 Å². The monoisotopic (exact) mass is 467 g/mol. The molecule has 1 amide bonds. The third-order valence-corrected chi connectivity index (χ3v) is 6.86. The van der Waals surface area contributed by atoms with Crippen molar-refractivity contribution in [3.8, 4) is 10.6 Å². The summed E-state index contributed by atoms with van der Waals surface area (Å²) in [5.74, 6) is -0.904. The predicted molar refractivity (Wildman–Crippen MR) is 124 cm³/mol. The first-order valence-corrected chi connectivity index (χ1v) is 11.9. The Hall–Kier alpha value is -3.56. The van der Waals surface area contributed by atoms with Crippen molar-refractivity contribution in [1.82, 2.24) is 4.98 Å². The van der Waals surface area contributed by atoms with Crippen molar-refractivity contribution >= 4 is 38.6 Å². The molecule has 0 atom stereocenters. The van der Waals surface area contributed by atoms with Crippen LogP contribution in [0.5, 0.6) is 0 Å². The van der Waals surface area contributed by atoms with E-state index >= 15 is 0 Å². The fourth-order valence-electron chi connectivity index (χ4n) is 3.04. The molecule has 0 saturated heterocycles. The Labute approximate surface area is 188 Å². The van der Waals surface area contributed by atoms with Crippen molar-refractivity contribution in [2.45, 2.75) is 11.8 Å². The van der Waals surface area contributed by atoms with Crippen molar-refractivity contribution in [2.24, 2.45) is 0 Å². The number of benzene rings is 3. The molecule has 9 heteroatoms. The molecule has 1 heterocycles. The number of hydrogen-bond acceptors (Lipinski definition) is 5. The van der Waals surface area contributed by atoms with Crippen LogP contribution in [-0.2, 0) is 10.0 Å². The van der Waals surface area contributed by atoms with Gasteiger partial charge in [-0.25, -0.2) is 17.8 Å². The molecule has 0 spiro atoms. The summed E-state index contributed by atoms with van der Waals surface area (Å²) in [6.45, 7) is 1.73. The molecule has 0 aliphatic rings. The second-order valence-corrected chi connectivity index (χ2v) is 9.54. The van der Waals surface area contributed by atoms with Crippen LogP contribution in [0.1, 0.15) is 15.9 Å². The Bertz CT molecular complexity index is 1370. The second kappa shape index (κ2) is 8.89. The number of carbonyl (C=O) groups is 1. The number of sulfonamides is 1. The second-order valence-electron chi connectivity index (χ2n) is 6.96. The van der Waals surface area contributed by atoms with E-state index in [9.17, 15) is 17.6 Å². The predicted octanol–water partition coefficient (Wildman–Crippen LogP) is 5.31. The third-order valence-electron chi connectivity index (χ3n) is 4.66. The van der Waals surface area contributed by atoms with Crippen molar-refractivity contribution in [2.75, 3.05) is 10.0 Å². The fourth-order valence-corrected chi connectivity index (χ4v) is 4.76. The average molecular weight is 468 g/mol. The lowest BCUT2D eigenvalue weighted by Gasteiger charge is -2.12. The fraction of sp³-hybridized carbons (Fsp3) is 0.0435. The smallest absolute Gasteiger partial charge is 0.261 e. The minimum atomic E-state index is -3.97. The number of halogens is 1. The van der Waals surface area contributed by atoms with Gasteiger partial charge in [-0.05, 0) is 61.0 Å². The van der Waals surface area contributed by atoms with Crippen LogP contribution < -0.4 is 10.0 Å². The van der Waals surface area contributed by atoms with Crippen molar-refractivity contribution < 1.29 is 17.6 Å². The van der Waals surface area contributed by atoms with E-state index in [4.69, 9.17) is 0 Å². The summed E-state index contributed by atoms with van der Waals surface area (Å²) >= 11 is 1.49. The zero-order valence-electron chi connectivity index (χ0n) is 16.9. The number of nitrogens with one attached hydrogen (secondary N) is 2. The maximum atomic E-state index is 13.1. The van der Waals surface area contributed by atoms with Gasteiger partial charge in [0.05, 0.1) is 4.90 Å². The molecule has 0 fully saturated rings. The van der Waals surface area contributed by atoms with E-state index in [0.29, 0.717) is 11.3 Å². The van der Waals surface area contributed by atoms with Crippen molar-refractivity contribution in [3.63, 3.8) is 0 Å². The highest BCUT2D eigenvalue weighted by molar-refractivity contribution is 7.92. The minimum absolute atomic E-state index is 0.0749. The highest BCUT2D eigenvalue weighted by Crippen LogP contribution is 2.25. The number of thiazole rings is 1. The molecule has 0 saturated carbocycles. The summed E-state index contributed by atoms with van der Waals surface area (Å²) in [6, 6.07) is 16.5. The van der Waals surface area contributed by atoms with Crippen LogP contribution in [-0.4, -0.2) is 19.3 Å². The minimum Gasteiger partial charge on any atom is -0.322 e. The highest BCUT2D eigenvalue weighted by atomic mass is 32.2. The Balaban J connectivity index is 1.58. The summed E-state index contributed by atoms with van der Waals surface area (Å²) in [6.07, 6.45) is 1.71. The normalized spacial score (nSPS) is 11.2. The standard InChI is InChI=1S/C23H18FN3O3S2/c1-15-5-10-20(32(29,30)27-18-8-6-17(24)7-9-18)14-21(15)22(28)26-19-4-2-3-16(13-19)23-25-11-12-31-23/h2-14,27H,1H3,(H,26,28). The number of aromatic nitrogens is 1. The lowest BCUT2D eigenvalue weighted by Crippen LogP contribution is -2.17. The molecule has 6 nitrogen and oxygen atoms in total. The number of carbonyl (C=O) groups excluding carboxylic acids is 1. The van der Waals surface area contributed by atoms with E-state index in [1.165, 1.54) is 35.6 Å². The molecule has 1 aromatic heterocycles. The number of amides is 1. The van der Waals surface area contributed by atoms with Gasteiger partial charge in [-0.2, -0.15) is 0 Å². The molecule has 0 aliphatic heterocycles. The van der Waals surface area contributed by atoms with Gasteiger partial charge in [0.2, 0.25) is 0 Å². The van der Waals surface area contributed by atoms with Crippen LogP contribution in [0, 0.1) is 12.7 Å². The van der Waals surface area contributed by atoms with Crippen LogP contribution in [0.25, 0.3) is 10.6 Å². The van der Waals surface area contributed by atoms with Gasteiger partial charge in [-0.15, -0.1) is 11.3 Å². The Kier molecular flexibility index (Phi) is 6.02. The lowest BCUT2D eigenvalue weighted by atomic mass is 10.1. The Morgan fingerprint density at radius 3 is 2.50 bits per heavy atom. The SMILES string of the molecule is Cc1ccc(S(=O)(=O)Nc2ccc(F)cc2)cc1C(=O)Nc1cccc(-c2nccs2)c1. The first kappa shape index (κ1) is 21.7. The van der Waals surface area contributed by atoms with Crippen LogP contribution in [0.3, 0.4) is 0 Å². The molecule has 162 valence electrons. The number of hydrogen-bond donors (Lipinski definition) is 2. The summed E-state index contributed by atoms with van der Waals surface area (Å²) < 4.78 is 41.0. The molecular formula is C23H18FN3O3S2. The van der Waals surface area contributed by atoms with E-state index in [-0.39, 0.29) is 16.1 Å². The average Bonchev–Trinajstić information content (AvgIpc) is 3.30. The molecule has 3 aromatic carbocycles. The maximum absolute atomic E-state index is 13.1. The molecular weight excluding hydrogens is 449 g/mol. The van der Waals surface area contributed by atoms with Gasteiger partial charge < -0.3 is 5.32 Å². The molecule has 32 heavy (non-hydrogen) atoms. The van der Waals surface area contributed by atoms with E-state index in [1.807, 2.05) is 23.6 Å². The van der Waals surface area contributed by atoms with Gasteiger partial charge in [0.15, 0.2) is 0 Å². The van der Waals surface area contributed by atoms with Gasteiger partial charge in [0, 0.05) is 34.1 Å². The first-order chi connectivity index (χ1) is 15.3. The van der Waals surface area contributed by atoms with E-state index in [1.54, 1.807) is 25.3 Å². The largest absolute Gasteiger partial charge is 0.322 e. The zero-order chi connectivity index (χ0) is 22.7. The van der Waals surface area contributed by atoms with E-state index in [2.05, 4.69) is 15.0 Å². The van der Waals surface area contributed by atoms with Crippen LogP contribution >= 0.6 is 11.3 Å². The number of nitrogens with zero attached hydrogens (tertiary/aromatic N) is 1. The molecule has 4 rings (SSSR count). The Morgan fingerprint density at radius 2 is 1.78 bits per heavy atom. The summed E-state index contributed by atoms with van der Waals surface area (Å²) in [5, 5.41) is 5.52. The van der Waals surface area contributed by atoms with Crippen molar-refractivity contribution in [1.29, 1.82) is 0 Å². The quantitative estimate of drug-likeness (QED) is 0.402. The maximum Gasteiger partial charge on any atom is 0.261 e. The highest BCUT2D eigenvalue weighted by Gasteiger charge is 2.19. The van der Waals surface area contributed by atoms with Gasteiger partial charge in [0.1, 0.15) is 10.8 Å². The topological polar surface area (TPSA) is 88.2 Å². The van der Waals surface area contributed by atoms with Crippen LogP contribution in [0.2, 0.25) is 0 Å². The zero-order valence-corrected chi connectivity index (χ0v) is 18.5. The van der Waals surface area contributed by atoms with Gasteiger partial charge in [-0.1, -0.05) is 18.2 Å². The summed E-state index contributed by atoms with van der Waals surface area (Å²) in [4.78, 5) is 17.1. The van der Waals surface area contributed by atoms with Crippen molar-refractivity contribution in [3.05, 3.63) is 95.3 Å². The number of anilines is 2. The number of aryl methyl sites for hydroxylation is 1. The number of rotatable bonds is 6. The van der Waals surface area contributed by atoms with Gasteiger partial charge >= 0.3 is 0 Å². The molecule has 0 radical (unpaired) electrons. The molecule has 2 N–H and O–H groups in total. The molecule has 4 aromatic rings. The van der Waals surface area contributed by atoms with Crippen LogP contribution in [0.4, 0.5) is 15.8 Å². The van der Waals surface area contributed by atoms with Gasteiger partial charge in [-0.3, -0.25) is 9.52 Å². The van der Waals surface area contributed by atoms with E-state index in [0.717, 1.165) is 22.7 Å². The molecule has 0 bridgehead atoms. The molecule has 0 unspecified atom stereocenters. The third kappa shape index (κ3) is 4.84. The molecule has 0 aliphatic carbocycles. The lowest BCUT2D eigenvalue weighted by molar-refractivity contribution is 0.102. The first-order valence-electron chi connectivity index (χ1n) is 9.52.